The molecule has 8 heteroatoms. The summed E-state index contributed by atoms with van der Waals surface area (Å²) in [6.45, 7) is 0. The standard InChI is InChI=1S/C18H15N3O5/c1-26-11-6-7-14(22)10(8-11)9-19-21-18(25)15-16(23)12-4-2-3-5-13(12)20-17(15)24/h2-9,22H,1H3,(H,21,25)(H2,20,23,24)/b19-9+. The molecule has 2 aromatic carbocycles. The average Bonchev–Trinajstić information content (AvgIpc) is 2.63. The lowest BCUT2D eigenvalue weighted by molar-refractivity contribution is 0.0951. The highest BCUT2D eigenvalue weighted by Crippen LogP contribution is 2.24. The van der Waals surface area contributed by atoms with Gasteiger partial charge in [0.05, 0.1) is 18.8 Å². The van der Waals surface area contributed by atoms with Crippen LogP contribution in [0.4, 0.5) is 0 Å². The number of nitrogens with zero attached hydrogens (tertiary/aromatic N) is 1. The van der Waals surface area contributed by atoms with Crippen molar-refractivity contribution in [3.8, 4) is 17.2 Å². The van der Waals surface area contributed by atoms with Gasteiger partial charge in [0.25, 0.3) is 11.5 Å². The first kappa shape index (κ1) is 17.0. The second-order valence-electron chi connectivity index (χ2n) is 5.35. The summed E-state index contributed by atoms with van der Waals surface area (Å²) in [5.74, 6) is -0.871. The van der Waals surface area contributed by atoms with Gasteiger partial charge < -0.3 is 19.9 Å². The topological polar surface area (TPSA) is 124 Å². The molecule has 4 N–H and O–H groups in total. The Hall–Kier alpha value is -3.81. The smallest absolute Gasteiger partial charge is 0.280 e. The van der Waals surface area contributed by atoms with Crippen LogP contribution in [-0.4, -0.2) is 34.4 Å². The number of methoxy groups -OCH3 is 1. The Bertz CT molecular complexity index is 1070. The molecule has 1 amide bonds. The summed E-state index contributed by atoms with van der Waals surface area (Å²) in [5.41, 5.74) is 1.69. The summed E-state index contributed by atoms with van der Waals surface area (Å²) >= 11 is 0. The Balaban J connectivity index is 1.87. The number of fused-ring (bicyclic) bond motifs is 1. The number of benzene rings is 2. The number of rotatable bonds is 4. The van der Waals surface area contributed by atoms with Crippen molar-refractivity contribution in [2.45, 2.75) is 0 Å². The fourth-order valence-corrected chi connectivity index (χ4v) is 2.42. The summed E-state index contributed by atoms with van der Waals surface area (Å²) in [5, 5.41) is 24.1. The molecule has 0 fully saturated rings. The highest BCUT2D eigenvalue weighted by Gasteiger charge is 2.18. The number of phenolic OH excluding ortho intramolecular Hbond substituents is 1. The Labute approximate surface area is 147 Å². The summed E-state index contributed by atoms with van der Waals surface area (Å²) in [6, 6.07) is 11.1. The molecule has 26 heavy (non-hydrogen) atoms. The number of pyridine rings is 1. The van der Waals surface area contributed by atoms with E-state index in [1.807, 2.05) is 0 Å². The summed E-state index contributed by atoms with van der Waals surface area (Å²) < 4.78 is 5.04. The number of para-hydroxylation sites is 1. The third-order valence-corrected chi connectivity index (χ3v) is 3.73. The molecule has 8 nitrogen and oxygen atoms in total. The van der Waals surface area contributed by atoms with Crippen molar-refractivity contribution in [1.82, 2.24) is 10.4 Å². The second kappa shape index (κ2) is 6.98. The monoisotopic (exact) mass is 353 g/mol. The molecule has 0 atom stereocenters. The highest BCUT2D eigenvalue weighted by atomic mass is 16.5. The van der Waals surface area contributed by atoms with Crippen LogP contribution in [0.5, 0.6) is 17.2 Å². The molecule has 0 spiro atoms. The first-order chi connectivity index (χ1) is 12.5. The van der Waals surface area contributed by atoms with E-state index in [0.29, 0.717) is 22.2 Å². The second-order valence-corrected chi connectivity index (χ2v) is 5.35. The highest BCUT2D eigenvalue weighted by molar-refractivity contribution is 6.02. The maximum Gasteiger partial charge on any atom is 0.280 e. The number of aromatic amines is 1. The third kappa shape index (κ3) is 3.20. The molecular formula is C18H15N3O5. The predicted molar refractivity (Wildman–Crippen MR) is 96.0 cm³/mol. The largest absolute Gasteiger partial charge is 0.507 e. The molecule has 3 rings (SSSR count). The number of H-pyrrole nitrogens is 1. The quantitative estimate of drug-likeness (QED) is 0.420. The third-order valence-electron chi connectivity index (χ3n) is 3.73. The summed E-state index contributed by atoms with van der Waals surface area (Å²) in [6.07, 6.45) is 1.20. The number of aromatic hydroxyl groups is 2. The van der Waals surface area contributed by atoms with Gasteiger partial charge in [0.2, 0.25) is 0 Å². The SMILES string of the molecule is COc1ccc(O)c(/C=N/NC(=O)c2c(O)c3ccccc3[nH]c2=O)c1. The van der Waals surface area contributed by atoms with Crippen LogP contribution in [0.25, 0.3) is 10.9 Å². The Morgan fingerprint density at radius 1 is 1.23 bits per heavy atom. The first-order valence-corrected chi connectivity index (χ1v) is 7.55. The van der Waals surface area contributed by atoms with E-state index in [9.17, 15) is 19.8 Å². The van der Waals surface area contributed by atoms with Gasteiger partial charge in [-0.2, -0.15) is 5.10 Å². The number of hydrogen-bond acceptors (Lipinski definition) is 6. The van der Waals surface area contributed by atoms with Crippen LogP contribution in [0, 0.1) is 0 Å². The molecule has 3 aromatic rings. The van der Waals surface area contributed by atoms with Gasteiger partial charge in [-0.15, -0.1) is 0 Å². The average molecular weight is 353 g/mol. The zero-order valence-corrected chi connectivity index (χ0v) is 13.7. The minimum atomic E-state index is -0.881. The zero-order chi connectivity index (χ0) is 18.7. The van der Waals surface area contributed by atoms with Gasteiger partial charge in [-0.1, -0.05) is 12.1 Å². The van der Waals surface area contributed by atoms with E-state index in [0.717, 1.165) is 0 Å². The maximum absolute atomic E-state index is 12.2. The molecule has 0 bridgehead atoms. The Morgan fingerprint density at radius 2 is 2.00 bits per heavy atom. The number of carbonyl (C=O) groups is 1. The normalized spacial score (nSPS) is 11.0. The molecule has 0 radical (unpaired) electrons. The molecule has 1 aromatic heterocycles. The van der Waals surface area contributed by atoms with Crippen molar-refractivity contribution in [2.24, 2.45) is 5.10 Å². The maximum atomic E-state index is 12.2. The van der Waals surface area contributed by atoms with E-state index in [-0.39, 0.29) is 5.75 Å². The zero-order valence-electron chi connectivity index (χ0n) is 13.7. The predicted octanol–water partition coefficient (Wildman–Crippen LogP) is 1.71. The number of hydrazone groups is 1. The van der Waals surface area contributed by atoms with E-state index in [1.165, 1.54) is 25.5 Å². The summed E-state index contributed by atoms with van der Waals surface area (Å²) in [7, 11) is 1.48. The number of phenols is 1. The molecule has 0 unspecified atom stereocenters. The minimum Gasteiger partial charge on any atom is -0.507 e. The number of nitrogens with one attached hydrogen (secondary N) is 2. The van der Waals surface area contributed by atoms with Crippen LogP contribution in [0.2, 0.25) is 0 Å². The lowest BCUT2D eigenvalue weighted by atomic mass is 10.1. The lowest BCUT2D eigenvalue weighted by Crippen LogP contribution is -2.26. The van der Waals surface area contributed by atoms with E-state index < -0.39 is 22.8 Å². The van der Waals surface area contributed by atoms with Crippen LogP contribution in [0.3, 0.4) is 0 Å². The van der Waals surface area contributed by atoms with Crippen LogP contribution in [0.1, 0.15) is 15.9 Å². The van der Waals surface area contributed by atoms with Crippen LogP contribution < -0.4 is 15.7 Å². The van der Waals surface area contributed by atoms with Crippen molar-refractivity contribution >= 4 is 23.0 Å². The van der Waals surface area contributed by atoms with Crippen molar-refractivity contribution in [1.29, 1.82) is 0 Å². The van der Waals surface area contributed by atoms with E-state index in [2.05, 4.69) is 15.5 Å². The van der Waals surface area contributed by atoms with Crippen molar-refractivity contribution < 1.29 is 19.7 Å². The fraction of sp³-hybridized carbons (Fsp3) is 0.0556. The van der Waals surface area contributed by atoms with Crippen molar-refractivity contribution in [2.75, 3.05) is 7.11 Å². The number of ether oxygens (including phenoxy) is 1. The molecule has 0 saturated heterocycles. The summed E-state index contributed by atoms with van der Waals surface area (Å²) in [4.78, 5) is 26.8. The Kier molecular flexibility index (Phi) is 4.57. The minimum absolute atomic E-state index is 0.0600. The van der Waals surface area contributed by atoms with E-state index in [4.69, 9.17) is 4.74 Å². The molecule has 0 saturated carbocycles. The van der Waals surface area contributed by atoms with Gasteiger partial charge in [-0.25, -0.2) is 5.43 Å². The molecular weight excluding hydrogens is 338 g/mol. The van der Waals surface area contributed by atoms with Gasteiger partial charge >= 0.3 is 0 Å². The van der Waals surface area contributed by atoms with Crippen molar-refractivity contribution in [3.05, 3.63) is 63.9 Å². The molecule has 0 aliphatic rings. The van der Waals surface area contributed by atoms with Crippen LogP contribution in [0.15, 0.2) is 52.4 Å². The molecule has 0 aliphatic heterocycles. The van der Waals surface area contributed by atoms with Gasteiger partial charge in [-0.05, 0) is 30.3 Å². The number of carbonyl (C=O) groups excluding carboxylic acids is 1. The molecule has 1 heterocycles. The number of hydrogen-bond donors (Lipinski definition) is 4. The Morgan fingerprint density at radius 3 is 2.77 bits per heavy atom. The fourth-order valence-electron chi connectivity index (χ4n) is 2.42. The number of amides is 1. The first-order valence-electron chi connectivity index (χ1n) is 7.55. The van der Waals surface area contributed by atoms with Crippen molar-refractivity contribution in [3.63, 3.8) is 0 Å². The van der Waals surface area contributed by atoms with Gasteiger partial charge in [-0.3, -0.25) is 9.59 Å². The van der Waals surface area contributed by atoms with Gasteiger partial charge in [0, 0.05) is 10.9 Å². The van der Waals surface area contributed by atoms with E-state index >= 15 is 0 Å². The van der Waals surface area contributed by atoms with Crippen LogP contribution >= 0.6 is 0 Å². The van der Waals surface area contributed by atoms with E-state index in [1.54, 1.807) is 30.3 Å². The van der Waals surface area contributed by atoms with Gasteiger partial charge in [0.15, 0.2) is 0 Å². The van der Waals surface area contributed by atoms with Crippen LogP contribution in [-0.2, 0) is 0 Å². The van der Waals surface area contributed by atoms with Gasteiger partial charge in [0.1, 0.15) is 22.8 Å². The number of aromatic nitrogens is 1. The lowest BCUT2D eigenvalue weighted by Gasteiger charge is -2.06. The molecule has 0 aliphatic carbocycles. The molecule has 132 valence electrons.